The minimum atomic E-state index is 0.136. The molecule has 0 heterocycles. The van der Waals surface area contributed by atoms with Crippen LogP contribution in [0.3, 0.4) is 0 Å². The molecule has 28 heavy (non-hydrogen) atoms. The zero-order valence-corrected chi connectivity index (χ0v) is 19.7. The van der Waals surface area contributed by atoms with E-state index in [0.29, 0.717) is 17.8 Å². The third kappa shape index (κ3) is 3.31. The molecule has 0 heteroatoms. The van der Waals surface area contributed by atoms with E-state index in [1.54, 1.807) is 22.3 Å². The highest BCUT2D eigenvalue weighted by molar-refractivity contribution is 5.75. The Hall–Kier alpha value is -1.30. The monoisotopic (exact) mass is 378 g/mol. The summed E-state index contributed by atoms with van der Waals surface area (Å²) in [5, 5.41) is 0. The molecule has 0 radical (unpaired) electrons. The van der Waals surface area contributed by atoms with Crippen molar-refractivity contribution in [2.45, 2.75) is 92.9 Å². The molecule has 1 aromatic carbocycles. The fourth-order valence-electron chi connectivity index (χ4n) is 6.13. The topological polar surface area (TPSA) is 0 Å². The first-order chi connectivity index (χ1) is 13.2. The molecular formula is C28H42. The van der Waals surface area contributed by atoms with Crippen LogP contribution in [-0.2, 0) is 5.41 Å². The second kappa shape index (κ2) is 7.85. The number of benzene rings is 1. The lowest BCUT2D eigenvalue weighted by Crippen LogP contribution is -2.46. The van der Waals surface area contributed by atoms with Crippen LogP contribution in [0.25, 0.3) is 5.57 Å². The van der Waals surface area contributed by atoms with Crippen LogP contribution in [0.2, 0.25) is 0 Å². The Morgan fingerprint density at radius 2 is 1.68 bits per heavy atom. The number of allylic oxidation sites excluding steroid dienone is 4. The maximum Gasteiger partial charge on any atom is -0.00382 e. The highest BCUT2D eigenvalue weighted by atomic mass is 14.5. The predicted molar refractivity (Wildman–Crippen MR) is 125 cm³/mol. The quantitative estimate of drug-likeness (QED) is 0.462. The van der Waals surface area contributed by atoms with E-state index in [0.717, 1.165) is 6.42 Å². The number of rotatable bonds is 3. The minimum Gasteiger partial charge on any atom is -0.0816 e. The van der Waals surface area contributed by atoms with Crippen molar-refractivity contribution >= 4 is 5.57 Å². The van der Waals surface area contributed by atoms with Crippen LogP contribution in [0.4, 0.5) is 0 Å². The van der Waals surface area contributed by atoms with Crippen molar-refractivity contribution in [3.63, 3.8) is 0 Å². The van der Waals surface area contributed by atoms with Gasteiger partial charge in [-0.15, -0.1) is 0 Å². The molecule has 0 aliphatic heterocycles. The number of hydrogen-bond donors (Lipinski definition) is 0. The molecule has 0 aromatic heterocycles. The minimum absolute atomic E-state index is 0.136. The molecule has 2 aliphatic rings. The first kappa shape index (κ1) is 21.4. The van der Waals surface area contributed by atoms with Gasteiger partial charge in [0.05, 0.1) is 0 Å². The Bertz CT molecular complexity index is 775. The van der Waals surface area contributed by atoms with Gasteiger partial charge in [0.25, 0.3) is 0 Å². The van der Waals surface area contributed by atoms with Gasteiger partial charge in [-0.05, 0) is 71.0 Å². The fraction of sp³-hybridized carbons (Fsp3) is 0.643. The highest BCUT2D eigenvalue weighted by Crippen LogP contribution is 2.57. The molecule has 3 rings (SSSR count). The second-order valence-corrected chi connectivity index (χ2v) is 10.5. The standard InChI is InChI=1S/C28H42/c1-9-15-28(8)21(5)23-17-20(4)19(3)16-22(10-2)25(18-23)24-13-11-12-14-26(24)27(28,6)7/h11-14,17,19-21H,9-10,15-16,18H2,1-8H3. The van der Waals surface area contributed by atoms with Crippen molar-refractivity contribution in [1.29, 1.82) is 0 Å². The van der Waals surface area contributed by atoms with Crippen LogP contribution < -0.4 is 0 Å². The van der Waals surface area contributed by atoms with E-state index in [-0.39, 0.29) is 10.8 Å². The summed E-state index contributed by atoms with van der Waals surface area (Å²) in [6.45, 7) is 19.7. The fourth-order valence-corrected chi connectivity index (χ4v) is 6.13. The molecule has 154 valence electrons. The van der Waals surface area contributed by atoms with Crippen molar-refractivity contribution in [2.24, 2.45) is 23.2 Å². The molecule has 0 saturated heterocycles. The Balaban J connectivity index is 2.38. The van der Waals surface area contributed by atoms with Crippen LogP contribution in [0.1, 0.15) is 98.6 Å². The number of hydrogen-bond acceptors (Lipinski definition) is 0. The van der Waals surface area contributed by atoms with Gasteiger partial charge in [-0.3, -0.25) is 0 Å². The summed E-state index contributed by atoms with van der Waals surface area (Å²) in [6, 6.07) is 9.36. The van der Waals surface area contributed by atoms with E-state index in [2.05, 4.69) is 85.7 Å². The first-order valence-electron chi connectivity index (χ1n) is 11.7. The van der Waals surface area contributed by atoms with Gasteiger partial charge >= 0.3 is 0 Å². The van der Waals surface area contributed by atoms with E-state index in [1.165, 1.54) is 31.2 Å². The van der Waals surface area contributed by atoms with Crippen molar-refractivity contribution in [3.05, 3.63) is 52.6 Å². The van der Waals surface area contributed by atoms with Gasteiger partial charge in [-0.1, -0.05) is 103 Å². The summed E-state index contributed by atoms with van der Waals surface area (Å²) in [6.07, 6.45) is 8.75. The summed E-state index contributed by atoms with van der Waals surface area (Å²) in [5.74, 6) is 1.96. The number of fused-ring (bicyclic) bond motifs is 4. The summed E-state index contributed by atoms with van der Waals surface area (Å²) >= 11 is 0. The third-order valence-electron chi connectivity index (χ3n) is 8.81. The molecule has 1 aromatic rings. The van der Waals surface area contributed by atoms with Crippen LogP contribution in [0.15, 0.2) is 41.5 Å². The molecule has 4 unspecified atom stereocenters. The molecule has 2 aliphatic carbocycles. The molecule has 4 atom stereocenters. The van der Waals surface area contributed by atoms with Crippen molar-refractivity contribution in [3.8, 4) is 0 Å². The van der Waals surface area contributed by atoms with Gasteiger partial charge in [-0.2, -0.15) is 0 Å². The zero-order chi connectivity index (χ0) is 20.7. The average molecular weight is 379 g/mol. The summed E-state index contributed by atoms with van der Waals surface area (Å²) in [7, 11) is 0. The molecule has 0 spiro atoms. The van der Waals surface area contributed by atoms with Gasteiger partial charge < -0.3 is 0 Å². The third-order valence-corrected chi connectivity index (χ3v) is 8.81. The van der Waals surface area contributed by atoms with Gasteiger partial charge in [0.1, 0.15) is 0 Å². The molecule has 0 N–H and O–H groups in total. The van der Waals surface area contributed by atoms with Crippen LogP contribution in [0, 0.1) is 23.2 Å². The smallest absolute Gasteiger partial charge is 0.00382 e. The van der Waals surface area contributed by atoms with Crippen molar-refractivity contribution in [1.82, 2.24) is 0 Å². The van der Waals surface area contributed by atoms with Gasteiger partial charge in [0.15, 0.2) is 0 Å². The Morgan fingerprint density at radius 3 is 2.32 bits per heavy atom. The van der Waals surface area contributed by atoms with Crippen molar-refractivity contribution in [2.75, 3.05) is 0 Å². The van der Waals surface area contributed by atoms with Crippen molar-refractivity contribution < 1.29 is 0 Å². The summed E-state index contributed by atoms with van der Waals surface area (Å²) < 4.78 is 0. The van der Waals surface area contributed by atoms with E-state index < -0.39 is 0 Å². The largest absolute Gasteiger partial charge is 0.0816 e. The van der Waals surface area contributed by atoms with E-state index in [4.69, 9.17) is 0 Å². The van der Waals surface area contributed by atoms with Gasteiger partial charge in [-0.25, -0.2) is 0 Å². The zero-order valence-electron chi connectivity index (χ0n) is 19.7. The van der Waals surface area contributed by atoms with Crippen LogP contribution in [0.5, 0.6) is 0 Å². The Kier molecular flexibility index (Phi) is 6.00. The molecule has 2 bridgehead atoms. The molecule has 0 nitrogen and oxygen atoms in total. The molecule has 0 fully saturated rings. The Labute approximate surface area is 174 Å². The second-order valence-electron chi connectivity index (χ2n) is 10.5. The average Bonchev–Trinajstić information content (AvgIpc) is 2.67. The lowest BCUT2D eigenvalue weighted by molar-refractivity contribution is 0.0934. The molecular weight excluding hydrogens is 336 g/mol. The molecule has 0 saturated carbocycles. The normalized spacial score (nSPS) is 32.6. The highest BCUT2D eigenvalue weighted by Gasteiger charge is 2.48. The van der Waals surface area contributed by atoms with Crippen LogP contribution >= 0.6 is 0 Å². The molecule has 0 amide bonds. The first-order valence-corrected chi connectivity index (χ1v) is 11.7. The maximum atomic E-state index is 2.67. The SMILES string of the molecule is CCCC1(C)C(C)C2=CC(C)C(C)CC(CC)=C(C2)c2ccccc2C1(C)C. The maximum absolute atomic E-state index is 2.67. The summed E-state index contributed by atoms with van der Waals surface area (Å²) in [4.78, 5) is 0. The van der Waals surface area contributed by atoms with E-state index >= 15 is 0 Å². The van der Waals surface area contributed by atoms with Gasteiger partial charge in [0, 0.05) is 0 Å². The predicted octanol–water partition coefficient (Wildman–Crippen LogP) is 8.58. The lowest BCUT2D eigenvalue weighted by Gasteiger charge is -2.52. The van der Waals surface area contributed by atoms with E-state index in [1.807, 2.05) is 0 Å². The summed E-state index contributed by atoms with van der Waals surface area (Å²) in [5.41, 5.74) is 8.52. The lowest BCUT2D eigenvalue weighted by atomic mass is 9.51. The van der Waals surface area contributed by atoms with E-state index in [9.17, 15) is 0 Å². The Morgan fingerprint density at radius 1 is 1.00 bits per heavy atom. The van der Waals surface area contributed by atoms with Crippen LogP contribution in [-0.4, -0.2) is 0 Å². The van der Waals surface area contributed by atoms with Gasteiger partial charge in [0.2, 0.25) is 0 Å².